The first kappa shape index (κ1) is 17.7. The first-order chi connectivity index (χ1) is 11.4. The fourth-order valence-corrected chi connectivity index (χ4v) is 2.73. The number of methoxy groups -OCH3 is 1. The van der Waals surface area contributed by atoms with Crippen LogP contribution < -0.4 is 4.90 Å². The molecule has 1 fully saturated rings. The van der Waals surface area contributed by atoms with Gasteiger partial charge in [0, 0.05) is 0 Å². The summed E-state index contributed by atoms with van der Waals surface area (Å²) in [7, 11) is 1.26. The van der Waals surface area contributed by atoms with Crippen LogP contribution in [0.25, 0.3) is 0 Å². The average molecular weight is 332 g/mol. The molecule has 2 rings (SSSR count). The summed E-state index contributed by atoms with van der Waals surface area (Å²) >= 11 is 0. The van der Waals surface area contributed by atoms with Crippen LogP contribution in [0.2, 0.25) is 0 Å². The number of carbonyl (C=O) groups excluding carboxylic acids is 4. The number of nitrogens with zero attached hydrogens (tertiary/aromatic N) is 2. The molecular weight excluding hydrogens is 312 g/mol. The molecule has 1 aliphatic rings. The monoisotopic (exact) mass is 332 g/mol. The maximum atomic E-state index is 12.7. The topological polar surface area (TPSA) is 84.0 Å². The van der Waals surface area contributed by atoms with Crippen LogP contribution >= 0.6 is 0 Å². The zero-order chi connectivity index (χ0) is 17.9. The van der Waals surface area contributed by atoms with Crippen molar-refractivity contribution in [3.05, 3.63) is 29.8 Å². The van der Waals surface area contributed by atoms with Crippen molar-refractivity contribution in [2.45, 2.75) is 26.3 Å². The van der Waals surface area contributed by atoms with E-state index in [9.17, 15) is 19.2 Å². The first-order valence-electron chi connectivity index (χ1n) is 7.67. The number of hydrogen-bond acceptors (Lipinski definition) is 5. The lowest BCUT2D eigenvalue weighted by atomic mass is 10.0. The molecule has 1 atom stereocenters. The van der Waals surface area contributed by atoms with E-state index in [2.05, 4.69) is 4.74 Å². The minimum absolute atomic E-state index is 0.144. The Balaban J connectivity index is 2.39. The van der Waals surface area contributed by atoms with Crippen LogP contribution in [0, 0.1) is 5.92 Å². The van der Waals surface area contributed by atoms with Gasteiger partial charge in [0.2, 0.25) is 0 Å². The number of anilines is 1. The largest absolute Gasteiger partial charge is 0.465 e. The van der Waals surface area contributed by atoms with Crippen molar-refractivity contribution in [3.8, 4) is 0 Å². The van der Waals surface area contributed by atoms with E-state index in [1.54, 1.807) is 12.1 Å². The highest BCUT2D eigenvalue weighted by Gasteiger charge is 2.45. The Morgan fingerprint density at radius 1 is 1.33 bits per heavy atom. The molecule has 7 heteroatoms. The van der Waals surface area contributed by atoms with Crippen LogP contribution in [0.1, 0.15) is 30.6 Å². The normalized spacial score (nSPS) is 17.6. The fourth-order valence-electron chi connectivity index (χ4n) is 2.73. The third-order valence-corrected chi connectivity index (χ3v) is 3.81. The number of urea groups is 1. The van der Waals surface area contributed by atoms with Crippen LogP contribution in [-0.2, 0) is 14.3 Å². The molecule has 0 N–H and O–H groups in total. The van der Waals surface area contributed by atoms with Gasteiger partial charge in [0.1, 0.15) is 12.3 Å². The summed E-state index contributed by atoms with van der Waals surface area (Å²) < 4.78 is 4.66. The van der Waals surface area contributed by atoms with Crippen LogP contribution in [0.5, 0.6) is 0 Å². The molecule has 1 aliphatic heterocycles. The zero-order valence-electron chi connectivity index (χ0n) is 13.9. The smallest absolute Gasteiger partial charge is 0.337 e. The number of rotatable bonds is 6. The average Bonchev–Trinajstić information content (AvgIpc) is 2.78. The second kappa shape index (κ2) is 7.25. The van der Waals surface area contributed by atoms with Crippen LogP contribution in [-0.4, -0.2) is 48.8 Å². The first-order valence-corrected chi connectivity index (χ1v) is 7.67. The number of benzene rings is 1. The molecule has 3 amide bonds. The molecule has 0 aromatic heterocycles. The lowest BCUT2D eigenvalue weighted by molar-refractivity contribution is -0.120. The summed E-state index contributed by atoms with van der Waals surface area (Å²) in [5, 5.41) is 0. The minimum Gasteiger partial charge on any atom is -0.465 e. The van der Waals surface area contributed by atoms with Gasteiger partial charge < -0.3 is 14.4 Å². The number of amides is 3. The molecule has 7 nitrogen and oxygen atoms in total. The summed E-state index contributed by atoms with van der Waals surface area (Å²) in [4.78, 5) is 50.1. The number of esters is 1. The summed E-state index contributed by atoms with van der Waals surface area (Å²) in [6, 6.07) is 4.87. The number of hydrogen-bond donors (Lipinski definition) is 0. The van der Waals surface area contributed by atoms with Crippen LogP contribution in [0.4, 0.5) is 10.5 Å². The van der Waals surface area contributed by atoms with Crippen LogP contribution in [0.15, 0.2) is 24.3 Å². The van der Waals surface area contributed by atoms with Crippen molar-refractivity contribution in [1.29, 1.82) is 0 Å². The summed E-state index contributed by atoms with van der Waals surface area (Å²) in [5.41, 5.74) is 0.528. The molecule has 24 heavy (non-hydrogen) atoms. The second-order valence-electron chi connectivity index (χ2n) is 5.96. The molecule has 0 unspecified atom stereocenters. The van der Waals surface area contributed by atoms with Gasteiger partial charge in [0.15, 0.2) is 0 Å². The van der Waals surface area contributed by atoms with E-state index in [0.717, 1.165) is 4.90 Å². The quantitative estimate of drug-likeness (QED) is 0.451. The van der Waals surface area contributed by atoms with E-state index in [1.165, 1.54) is 24.1 Å². The SMILES string of the molecule is COC(=O)c1cccc(N2C(=O)[C@H](CC(C)C)N(CC=O)C2=O)c1. The number of carbonyl (C=O) groups is 4. The Morgan fingerprint density at radius 3 is 2.62 bits per heavy atom. The van der Waals surface area contributed by atoms with Crippen molar-refractivity contribution in [1.82, 2.24) is 4.90 Å². The van der Waals surface area contributed by atoms with Crippen molar-refractivity contribution < 1.29 is 23.9 Å². The van der Waals surface area contributed by atoms with E-state index in [1.807, 2.05) is 13.8 Å². The number of aldehydes is 1. The molecular formula is C17H20N2O5. The van der Waals surface area contributed by atoms with Gasteiger partial charge >= 0.3 is 12.0 Å². The maximum absolute atomic E-state index is 12.7. The summed E-state index contributed by atoms with van der Waals surface area (Å²) in [6.45, 7) is 3.74. The molecule has 128 valence electrons. The van der Waals surface area contributed by atoms with E-state index >= 15 is 0 Å². The van der Waals surface area contributed by atoms with Crippen molar-refractivity contribution in [3.63, 3.8) is 0 Å². The predicted molar refractivity (Wildman–Crippen MR) is 86.7 cm³/mol. The lowest BCUT2D eigenvalue weighted by Gasteiger charge is -2.20. The molecule has 1 heterocycles. The Morgan fingerprint density at radius 2 is 2.04 bits per heavy atom. The van der Waals surface area contributed by atoms with Gasteiger partial charge in [-0.15, -0.1) is 0 Å². The molecule has 1 aromatic carbocycles. The Kier molecular flexibility index (Phi) is 5.33. The van der Waals surface area contributed by atoms with Crippen LogP contribution in [0.3, 0.4) is 0 Å². The second-order valence-corrected chi connectivity index (χ2v) is 5.96. The van der Waals surface area contributed by atoms with E-state index in [4.69, 9.17) is 0 Å². The maximum Gasteiger partial charge on any atom is 0.337 e. The highest BCUT2D eigenvalue weighted by atomic mass is 16.5. The minimum atomic E-state index is -0.676. The standard InChI is InChI=1S/C17H20N2O5/c1-11(2)9-14-15(21)19(17(23)18(14)7-8-20)13-6-4-5-12(10-13)16(22)24-3/h4-6,8,10-11,14H,7,9H2,1-3H3/t14-/m0/s1. The number of ether oxygens (including phenoxy) is 1. The fraction of sp³-hybridized carbons (Fsp3) is 0.412. The Labute approximate surface area is 140 Å². The van der Waals surface area contributed by atoms with Gasteiger partial charge in [-0.2, -0.15) is 0 Å². The highest BCUT2D eigenvalue weighted by Crippen LogP contribution is 2.28. The van der Waals surface area contributed by atoms with Gasteiger partial charge in [0.05, 0.1) is 24.9 Å². The van der Waals surface area contributed by atoms with Gasteiger partial charge in [0.25, 0.3) is 5.91 Å². The molecule has 1 aromatic rings. The van der Waals surface area contributed by atoms with Gasteiger partial charge in [-0.25, -0.2) is 14.5 Å². The molecule has 0 aliphatic carbocycles. The number of imide groups is 1. The summed E-state index contributed by atoms with van der Waals surface area (Å²) in [5.74, 6) is -0.765. The van der Waals surface area contributed by atoms with Crippen molar-refractivity contribution in [2.24, 2.45) is 5.92 Å². The van der Waals surface area contributed by atoms with Crippen molar-refractivity contribution >= 4 is 29.9 Å². The summed E-state index contributed by atoms with van der Waals surface area (Å²) in [6.07, 6.45) is 1.07. The van der Waals surface area contributed by atoms with Gasteiger partial charge in [-0.3, -0.25) is 4.79 Å². The highest BCUT2D eigenvalue weighted by molar-refractivity contribution is 6.21. The molecule has 1 saturated heterocycles. The zero-order valence-corrected chi connectivity index (χ0v) is 13.9. The molecule has 0 saturated carbocycles. The third kappa shape index (κ3) is 3.29. The van der Waals surface area contributed by atoms with Gasteiger partial charge in [-0.1, -0.05) is 19.9 Å². The van der Waals surface area contributed by atoms with Crippen molar-refractivity contribution in [2.75, 3.05) is 18.6 Å². The Hall–Kier alpha value is -2.70. The molecule has 0 spiro atoms. The van der Waals surface area contributed by atoms with Gasteiger partial charge in [-0.05, 0) is 30.5 Å². The van der Waals surface area contributed by atoms with E-state index < -0.39 is 23.9 Å². The lowest BCUT2D eigenvalue weighted by Crippen LogP contribution is -2.37. The Bertz CT molecular complexity index is 671. The molecule has 0 radical (unpaired) electrons. The molecule has 0 bridgehead atoms. The third-order valence-electron chi connectivity index (χ3n) is 3.81. The van der Waals surface area contributed by atoms with E-state index in [0.29, 0.717) is 12.7 Å². The van der Waals surface area contributed by atoms with E-state index in [-0.39, 0.29) is 23.7 Å². The predicted octanol–water partition coefficient (Wildman–Crippen LogP) is 1.86.